The Morgan fingerprint density at radius 3 is 2.45 bits per heavy atom. The number of nitrogens with zero attached hydrogens (tertiary/aromatic N) is 3. The van der Waals surface area contributed by atoms with E-state index in [4.69, 9.17) is 4.74 Å². The lowest BCUT2D eigenvalue weighted by Crippen LogP contribution is -2.32. The molecule has 33 heavy (non-hydrogen) atoms. The van der Waals surface area contributed by atoms with Crippen LogP contribution in [0.4, 0.5) is 5.13 Å². The van der Waals surface area contributed by atoms with E-state index in [0.717, 1.165) is 11.1 Å². The van der Waals surface area contributed by atoms with E-state index < -0.39 is 11.8 Å². The van der Waals surface area contributed by atoms with Gasteiger partial charge >= 0.3 is 11.8 Å². The Bertz CT molecular complexity index is 1260. The summed E-state index contributed by atoms with van der Waals surface area (Å²) in [6.07, 6.45) is 1.43. The van der Waals surface area contributed by atoms with Gasteiger partial charge in [0.15, 0.2) is 0 Å². The maximum atomic E-state index is 12.1. The molecule has 1 aromatic heterocycles. The summed E-state index contributed by atoms with van der Waals surface area (Å²) in [6.45, 7) is 0.440. The second kappa shape index (κ2) is 10.8. The second-order valence-corrected chi connectivity index (χ2v) is 7.76. The van der Waals surface area contributed by atoms with Crippen LogP contribution in [0, 0.1) is 0 Å². The minimum atomic E-state index is -0.917. The molecule has 0 fully saturated rings. The highest BCUT2D eigenvalue weighted by molar-refractivity contribution is 7.18. The van der Waals surface area contributed by atoms with Gasteiger partial charge in [-0.3, -0.25) is 14.9 Å². The highest BCUT2D eigenvalue weighted by Gasteiger charge is 2.16. The quantitative estimate of drug-likeness (QED) is 0.249. The molecule has 0 atom stereocenters. The molecule has 1 heterocycles. The molecular weight excluding hydrogens is 438 g/mol. The Morgan fingerprint density at radius 2 is 1.67 bits per heavy atom. The highest BCUT2D eigenvalue weighted by Crippen LogP contribution is 2.25. The molecule has 0 radical (unpaired) electrons. The maximum Gasteiger partial charge on any atom is 0.329 e. The first-order valence-electron chi connectivity index (χ1n) is 9.97. The Balaban J connectivity index is 1.28. The van der Waals surface area contributed by atoms with Crippen LogP contribution < -0.4 is 15.5 Å². The number of carbonyl (C=O) groups is 2. The van der Waals surface area contributed by atoms with E-state index in [1.54, 1.807) is 12.1 Å². The largest absolute Gasteiger partial charge is 0.489 e. The number of rotatable bonds is 7. The van der Waals surface area contributed by atoms with Gasteiger partial charge in [0.1, 0.15) is 17.4 Å². The van der Waals surface area contributed by atoms with Gasteiger partial charge in [0.25, 0.3) is 0 Å². The molecule has 0 aliphatic heterocycles. The standard InChI is InChI=1S/C24H19N5O3S/c30-21(26-24-29-28-23(33-24)19-11-5-2-6-12-19)22(31)27-25-15-18-10-7-13-20(14-18)32-16-17-8-3-1-4-9-17/h1-15H,16H2,(H,27,31)(H,26,29,30)/b25-15-. The molecule has 9 heteroatoms. The number of benzene rings is 3. The number of hydrogen-bond donors (Lipinski definition) is 2. The molecule has 0 bridgehead atoms. The molecule has 0 aliphatic rings. The van der Waals surface area contributed by atoms with Crippen LogP contribution in [0.2, 0.25) is 0 Å². The van der Waals surface area contributed by atoms with Gasteiger partial charge in [-0.15, -0.1) is 10.2 Å². The van der Waals surface area contributed by atoms with E-state index >= 15 is 0 Å². The zero-order chi connectivity index (χ0) is 22.9. The van der Waals surface area contributed by atoms with Crippen molar-refractivity contribution in [3.8, 4) is 16.3 Å². The molecule has 0 saturated heterocycles. The molecular formula is C24H19N5O3S. The van der Waals surface area contributed by atoms with Crippen molar-refractivity contribution < 1.29 is 14.3 Å². The summed E-state index contributed by atoms with van der Waals surface area (Å²) in [4.78, 5) is 24.1. The van der Waals surface area contributed by atoms with Crippen molar-refractivity contribution in [2.75, 3.05) is 5.32 Å². The summed E-state index contributed by atoms with van der Waals surface area (Å²) in [5, 5.41) is 15.0. The second-order valence-electron chi connectivity index (χ2n) is 6.78. The predicted molar refractivity (Wildman–Crippen MR) is 127 cm³/mol. The topological polar surface area (TPSA) is 106 Å². The van der Waals surface area contributed by atoms with Crippen molar-refractivity contribution in [1.29, 1.82) is 0 Å². The molecule has 0 saturated carbocycles. The van der Waals surface area contributed by atoms with Crippen LogP contribution in [0.5, 0.6) is 5.75 Å². The summed E-state index contributed by atoms with van der Waals surface area (Å²) in [7, 11) is 0. The Labute approximate surface area is 194 Å². The summed E-state index contributed by atoms with van der Waals surface area (Å²) in [5.74, 6) is -1.14. The normalized spacial score (nSPS) is 10.7. The lowest BCUT2D eigenvalue weighted by molar-refractivity contribution is -0.136. The molecule has 8 nitrogen and oxygen atoms in total. The van der Waals surface area contributed by atoms with Crippen LogP contribution >= 0.6 is 11.3 Å². The van der Waals surface area contributed by atoms with Gasteiger partial charge in [-0.05, 0) is 23.3 Å². The monoisotopic (exact) mass is 457 g/mol. The minimum Gasteiger partial charge on any atom is -0.489 e. The molecule has 0 spiro atoms. The first-order valence-corrected chi connectivity index (χ1v) is 10.8. The number of amides is 2. The summed E-state index contributed by atoms with van der Waals surface area (Å²) in [5.41, 5.74) is 4.84. The molecule has 2 amide bonds. The highest BCUT2D eigenvalue weighted by atomic mass is 32.1. The Hall–Kier alpha value is -4.37. The third kappa shape index (κ3) is 6.31. The average molecular weight is 458 g/mol. The third-order valence-electron chi connectivity index (χ3n) is 4.36. The molecule has 0 unspecified atom stereocenters. The van der Waals surface area contributed by atoms with E-state index in [1.807, 2.05) is 72.8 Å². The van der Waals surface area contributed by atoms with E-state index in [-0.39, 0.29) is 5.13 Å². The Kier molecular flexibility index (Phi) is 7.14. The van der Waals surface area contributed by atoms with E-state index in [2.05, 4.69) is 26.0 Å². The Morgan fingerprint density at radius 1 is 0.909 bits per heavy atom. The molecule has 4 rings (SSSR count). The zero-order valence-corrected chi connectivity index (χ0v) is 18.2. The predicted octanol–water partition coefficient (Wildman–Crippen LogP) is 3.87. The molecule has 2 N–H and O–H groups in total. The van der Waals surface area contributed by atoms with Crippen LogP contribution in [0.3, 0.4) is 0 Å². The zero-order valence-electron chi connectivity index (χ0n) is 17.3. The SMILES string of the molecule is O=C(N/N=C\c1cccc(OCc2ccccc2)c1)C(=O)Nc1nnc(-c2ccccc2)s1. The van der Waals surface area contributed by atoms with Gasteiger partial charge in [0.2, 0.25) is 5.13 Å². The van der Waals surface area contributed by atoms with Crippen molar-refractivity contribution in [3.05, 3.63) is 96.1 Å². The van der Waals surface area contributed by atoms with E-state index in [9.17, 15) is 9.59 Å². The van der Waals surface area contributed by atoms with Crippen molar-refractivity contribution in [2.24, 2.45) is 5.10 Å². The fourth-order valence-electron chi connectivity index (χ4n) is 2.77. The summed E-state index contributed by atoms with van der Waals surface area (Å²) in [6, 6.07) is 26.5. The average Bonchev–Trinajstić information content (AvgIpc) is 3.32. The third-order valence-corrected chi connectivity index (χ3v) is 5.25. The number of hydrazone groups is 1. The number of carbonyl (C=O) groups excluding carboxylic acids is 2. The summed E-state index contributed by atoms with van der Waals surface area (Å²) >= 11 is 1.17. The number of aromatic nitrogens is 2. The van der Waals surface area contributed by atoms with Crippen molar-refractivity contribution >= 4 is 34.5 Å². The lowest BCUT2D eigenvalue weighted by atomic mass is 10.2. The van der Waals surface area contributed by atoms with Crippen LogP contribution in [-0.2, 0) is 16.2 Å². The molecule has 164 valence electrons. The van der Waals surface area contributed by atoms with Crippen molar-refractivity contribution in [2.45, 2.75) is 6.61 Å². The van der Waals surface area contributed by atoms with Gasteiger partial charge < -0.3 is 4.74 Å². The van der Waals surface area contributed by atoms with Crippen LogP contribution in [-0.4, -0.2) is 28.2 Å². The van der Waals surface area contributed by atoms with E-state index in [1.165, 1.54) is 17.6 Å². The van der Waals surface area contributed by atoms with Crippen molar-refractivity contribution in [1.82, 2.24) is 15.6 Å². The van der Waals surface area contributed by atoms with Gasteiger partial charge in [0, 0.05) is 5.56 Å². The van der Waals surface area contributed by atoms with Crippen LogP contribution in [0.25, 0.3) is 10.6 Å². The van der Waals surface area contributed by atoms with Gasteiger partial charge in [-0.1, -0.05) is 84.1 Å². The number of ether oxygens (including phenoxy) is 1. The first kappa shape index (κ1) is 21.8. The number of nitrogens with one attached hydrogen (secondary N) is 2. The van der Waals surface area contributed by atoms with Gasteiger partial charge in [-0.2, -0.15) is 5.10 Å². The fraction of sp³-hybridized carbons (Fsp3) is 0.0417. The molecule has 4 aromatic rings. The fourth-order valence-corrected chi connectivity index (χ4v) is 3.51. The van der Waals surface area contributed by atoms with Gasteiger partial charge in [-0.25, -0.2) is 5.43 Å². The lowest BCUT2D eigenvalue weighted by Gasteiger charge is -2.06. The smallest absolute Gasteiger partial charge is 0.329 e. The number of anilines is 1. The van der Waals surface area contributed by atoms with E-state index in [0.29, 0.717) is 22.9 Å². The minimum absolute atomic E-state index is 0.223. The van der Waals surface area contributed by atoms with Crippen molar-refractivity contribution in [3.63, 3.8) is 0 Å². The first-order chi connectivity index (χ1) is 16.2. The van der Waals surface area contributed by atoms with Gasteiger partial charge in [0.05, 0.1) is 6.21 Å². The summed E-state index contributed by atoms with van der Waals surface area (Å²) < 4.78 is 5.77. The number of hydrogen-bond acceptors (Lipinski definition) is 7. The van der Waals surface area contributed by atoms with Crippen LogP contribution in [0.1, 0.15) is 11.1 Å². The molecule has 3 aromatic carbocycles. The maximum absolute atomic E-state index is 12.1. The van der Waals surface area contributed by atoms with Crippen LogP contribution in [0.15, 0.2) is 90.0 Å². The molecule has 0 aliphatic carbocycles.